The summed E-state index contributed by atoms with van der Waals surface area (Å²) in [6.07, 6.45) is -0.910. The van der Waals surface area contributed by atoms with Crippen LogP contribution < -0.4 is 5.32 Å². The van der Waals surface area contributed by atoms with E-state index < -0.39 is 11.7 Å². The highest BCUT2D eigenvalue weighted by atomic mass is 35.5. The molecule has 3 rings (SSSR count). The summed E-state index contributed by atoms with van der Waals surface area (Å²) in [5, 5.41) is 7.56. The van der Waals surface area contributed by atoms with Crippen molar-refractivity contribution in [3.05, 3.63) is 41.3 Å². The lowest BCUT2D eigenvalue weighted by Gasteiger charge is -2.09. The fourth-order valence-corrected chi connectivity index (χ4v) is 2.04. The molecular weight excluding hydrogens is 293 g/mol. The zero-order chi connectivity index (χ0) is 13.5. The molecule has 2 aromatic rings. The molecule has 0 aromatic carbocycles. The number of hydrogen-bond acceptors (Lipinski definition) is 3. The van der Waals surface area contributed by atoms with E-state index >= 15 is 0 Å². The number of nitrogens with zero attached hydrogens (tertiary/aromatic N) is 3. The Balaban J connectivity index is 0.00000147. The molecule has 0 atom stereocenters. The monoisotopic (exact) mass is 304 g/mol. The summed E-state index contributed by atoms with van der Waals surface area (Å²) in [7, 11) is 0. The quantitative estimate of drug-likeness (QED) is 0.879. The Hall–Kier alpha value is -1.60. The molecule has 20 heavy (non-hydrogen) atoms. The van der Waals surface area contributed by atoms with Crippen LogP contribution in [0.15, 0.2) is 24.5 Å². The number of pyridine rings is 1. The van der Waals surface area contributed by atoms with Crippen LogP contribution in [0.2, 0.25) is 0 Å². The second kappa shape index (κ2) is 5.41. The number of alkyl halides is 3. The van der Waals surface area contributed by atoms with Crippen LogP contribution in [0.25, 0.3) is 5.82 Å². The summed E-state index contributed by atoms with van der Waals surface area (Å²) in [5.41, 5.74) is 1.28. The number of rotatable bonds is 1. The van der Waals surface area contributed by atoms with Gasteiger partial charge in [-0.1, -0.05) is 0 Å². The topological polar surface area (TPSA) is 42.7 Å². The van der Waals surface area contributed by atoms with E-state index in [0.717, 1.165) is 43.0 Å². The SMILES string of the molecule is Cl.FC(F)(F)c1ccc(-n2cc3c(n2)CCNC3)nc1. The van der Waals surface area contributed by atoms with Gasteiger partial charge < -0.3 is 5.32 Å². The van der Waals surface area contributed by atoms with E-state index in [4.69, 9.17) is 0 Å². The molecule has 8 heteroatoms. The maximum atomic E-state index is 12.4. The van der Waals surface area contributed by atoms with Crippen molar-refractivity contribution < 1.29 is 13.2 Å². The first-order valence-electron chi connectivity index (χ1n) is 5.86. The summed E-state index contributed by atoms with van der Waals surface area (Å²) in [5.74, 6) is 0.391. The third-order valence-electron chi connectivity index (χ3n) is 3.04. The third-order valence-corrected chi connectivity index (χ3v) is 3.04. The van der Waals surface area contributed by atoms with Gasteiger partial charge in [-0.25, -0.2) is 9.67 Å². The predicted molar refractivity (Wildman–Crippen MR) is 69.0 cm³/mol. The predicted octanol–water partition coefficient (Wildman–Crippen LogP) is 2.35. The molecule has 3 heterocycles. The smallest absolute Gasteiger partial charge is 0.312 e. The lowest BCUT2D eigenvalue weighted by atomic mass is 10.1. The molecule has 0 unspecified atom stereocenters. The van der Waals surface area contributed by atoms with E-state index in [1.807, 2.05) is 0 Å². The molecule has 108 valence electrons. The van der Waals surface area contributed by atoms with Gasteiger partial charge in [-0.3, -0.25) is 0 Å². The maximum absolute atomic E-state index is 12.4. The standard InChI is InChI=1S/C12H11F3N4.ClH/c13-12(14,15)9-1-2-11(17-6-9)19-7-8-5-16-4-3-10(8)18-19;/h1-2,6-7,16H,3-5H2;1H. The van der Waals surface area contributed by atoms with Crippen molar-refractivity contribution in [1.82, 2.24) is 20.1 Å². The molecule has 0 saturated heterocycles. The second-order valence-electron chi connectivity index (χ2n) is 4.38. The third kappa shape index (κ3) is 2.78. The van der Waals surface area contributed by atoms with Crippen molar-refractivity contribution in [2.75, 3.05) is 6.54 Å². The highest BCUT2D eigenvalue weighted by Gasteiger charge is 2.30. The van der Waals surface area contributed by atoms with Gasteiger partial charge in [0.1, 0.15) is 0 Å². The zero-order valence-electron chi connectivity index (χ0n) is 10.3. The first-order chi connectivity index (χ1) is 9.04. The van der Waals surface area contributed by atoms with Crippen LogP contribution in [0.3, 0.4) is 0 Å². The number of halogens is 4. The van der Waals surface area contributed by atoms with Crippen LogP contribution in [-0.2, 0) is 19.1 Å². The minimum atomic E-state index is -4.36. The minimum Gasteiger partial charge on any atom is -0.312 e. The largest absolute Gasteiger partial charge is 0.417 e. The molecule has 1 N–H and O–H groups in total. The Morgan fingerprint density at radius 1 is 1.25 bits per heavy atom. The molecule has 0 saturated carbocycles. The summed E-state index contributed by atoms with van der Waals surface area (Å²) >= 11 is 0. The number of nitrogens with one attached hydrogen (secondary N) is 1. The van der Waals surface area contributed by atoms with E-state index in [1.165, 1.54) is 10.7 Å². The van der Waals surface area contributed by atoms with Gasteiger partial charge in [0.05, 0.1) is 11.3 Å². The summed E-state index contributed by atoms with van der Waals surface area (Å²) < 4.78 is 38.8. The Morgan fingerprint density at radius 3 is 2.65 bits per heavy atom. The van der Waals surface area contributed by atoms with E-state index in [0.29, 0.717) is 5.82 Å². The van der Waals surface area contributed by atoms with Crippen LogP contribution in [-0.4, -0.2) is 21.3 Å². The van der Waals surface area contributed by atoms with Gasteiger partial charge in [0.15, 0.2) is 5.82 Å². The van der Waals surface area contributed by atoms with E-state index in [2.05, 4.69) is 15.4 Å². The van der Waals surface area contributed by atoms with Gasteiger partial charge in [0.25, 0.3) is 0 Å². The molecule has 4 nitrogen and oxygen atoms in total. The number of aromatic nitrogens is 3. The Kier molecular flexibility index (Phi) is 4.01. The van der Waals surface area contributed by atoms with Crippen molar-refractivity contribution in [1.29, 1.82) is 0 Å². The average Bonchev–Trinajstić information content (AvgIpc) is 2.81. The summed E-state index contributed by atoms with van der Waals surface area (Å²) in [6, 6.07) is 2.34. The van der Waals surface area contributed by atoms with Crippen molar-refractivity contribution in [2.45, 2.75) is 19.1 Å². The summed E-state index contributed by atoms with van der Waals surface area (Å²) in [6.45, 7) is 1.60. The Labute approximate surface area is 119 Å². The first-order valence-corrected chi connectivity index (χ1v) is 5.86. The first kappa shape index (κ1) is 14.8. The lowest BCUT2D eigenvalue weighted by molar-refractivity contribution is -0.137. The minimum absolute atomic E-state index is 0. The van der Waals surface area contributed by atoms with Gasteiger partial charge >= 0.3 is 6.18 Å². The van der Waals surface area contributed by atoms with Crippen LogP contribution in [0, 0.1) is 0 Å². The van der Waals surface area contributed by atoms with Crippen molar-refractivity contribution in [3.8, 4) is 5.82 Å². The molecule has 1 aliphatic rings. The molecule has 0 radical (unpaired) electrons. The Morgan fingerprint density at radius 2 is 2.05 bits per heavy atom. The van der Waals surface area contributed by atoms with Crippen LogP contribution >= 0.6 is 12.4 Å². The lowest BCUT2D eigenvalue weighted by Crippen LogP contribution is -2.22. The van der Waals surface area contributed by atoms with E-state index in [-0.39, 0.29) is 12.4 Å². The van der Waals surface area contributed by atoms with Crippen LogP contribution in [0.1, 0.15) is 16.8 Å². The number of fused-ring (bicyclic) bond motifs is 1. The fourth-order valence-electron chi connectivity index (χ4n) is 2.04. The van der Waals surface area contributed by atoms with Gasteiger partial charge in [0, 0.05) is 37.5 Å². The highest BCUT2D eigenvalue weighted by Crippen LogP contribution is 2.28. The molecule has 1 aliphatic heterocycles. The van der Waals surface area contributed by atoms with Crippen molar-refractivity contribution in [3.63, 3.8) is 0 Å². The van der Waals surface area contributed by atoms with E-state index in [9.17, 15) is 13.2 Å². The van der Waals surface area contributed by atoms with Crippen LogP contribution in [0.5, 0.6) is 0 Å². The normalized spacial score (nSPS) is 14.6. The average molecular weight is 305 g/mol. The second-order valence-corrected chi connectivity index (χ2v) is 4.38. The highest BCUT2D eigenvalue weighted by molar-refractivity contribution is 5.85. The van der Waals surface area contributed by atoms with E-state index in [1.54, 1.807) is 6.20 Å². The summed E-state index contributed by atoms with van der Waals surface area (Å²) in [4.78, 5) is 3.82. The molecule has 0 spiro atoms. The molecule has 0 aliphatic carbocycles. The van der Waals surface area contributed by atoms with Crippen molar-refractivity contribution in [2.24, 2.45) is 0 Å². The maximum Gasteiger partial charge on any atom is 0.417 e. The molecule has 2 aromatic heterocycles. The van der Waals surface area contributed by atoms with Gasteiger partial charge in [-0.2, -0.15) is 18.3 Å². The van der Waals surface area contributed by atoms with Gasteiger partial charge in [0.2, 0.25) is 0 Å². The van der Waals surface area contributed by atoms with Gasteiger partial charge in [-0.05, 0) is 12.1 Å². The Bertz CT molecular complexity index is 568. The molecule has 0 bridgehead atoms. The zero-order valence-corrected chi connectivity index (χ0v) is 11.1. The molecule has 0 fully saturated rings. The number of hydrogen-bond donors (Lipinski definition) is 1. The van der Waals surface area contributed by atoms with Gasteiger partial charge in [-0.15, -0.1) is 12.4 Å². The van der Waals surface area contributed by atoms with Crippen molar-refractivity contribution >= 4 is 12.4 Å². The van der Waals surface area contributed by atoms with Crippen LogP contribution in [0.4, 0.5) is 13.2 Å². The fraction of sp³-hybridized carbons (Fsp3) is 0.333. The molecule has 0 amide bonds. The molecular formula is C12H12ClF3N4.